The van der Waals surface area contributed by atoms with E-state index < -0.39 is 0 Å². The van der Waals surface area contributed by atoms with Crippen molar-refractivity contribution < 1.29 is 9.26 Å². The van der Waals surface area contributed by atoms with Crippen molar-refractivity contribution in [2.24, 2.45) is 11.7 Å². The summed E-state index contributed by atoms with van der Waals surface area (Å²) >= 11 is 0. The van der Waals surface area contributed by atoms with Crippen LogP contribution in [0.3, 0.4) is 0 Å². The van der Waals surface area contributed by atoms with Crippen molar-refractivity contribution in [3.63, 3.8) is 0 Å². The summed E-state index contributed by atoms with van der Waals surface area (Å²) in [6, 6.07) is 9.73. The lowest BCUT2D eigenvalue weighted by Crippen LogP contribution is -2.15. The standard InChI is InChI=1S/C16H23N3O2/c1-4-20-14(11(2)3)15-18-16(21-19-15)13(17)10-12-8-6-5-7-9-12/h5-9,11,13-14H,4,10,17H2,1-3H3. The van der Waals surface area contributed by atoms with Crippen LogP contribution in [-0.4, -0.2) is 16.7 Å². The zero-order valence-electron chi connectivity index (χ0n) is 12.8. The fourth-order valence-electron chi connectivity index (χ4n) is 2.21. The number of nitrogens with two attached hydrogens (primary N) is 1. The third-order valence-electron chi connectivity index (χ3n) is 3.28. The second kappa shape index (κ2) is 7.33. The van der Waals surface area contributed by atoms with Crippen molar-refractivity contribution in [2.75, 3.05) is 6.61 Å². The average molecular weight is 289 g/mol. The van der Waals surface area contributed by atoms with Crippen LogP contribution in [0.25, 0.3) is 0 Å². The van der Waals surface area contributed by atoms with Crippen LogP contribution in [0.5, 0.6) is 0 Å². The lowest BCUT2D eigenvalue weighted by Gasteiger charge is -2.16. The Morgan fingerprint density at radius 2 is 1.95 bits per heavy atom. The minimum absolute atomic E-state index is 0.156. The normalized spacial score (nSPS) is 14.3. The first kappa shape index (κ1) is 15.7. The van der Waals surface area contributed by atoms with Crippen LogP contribution in [0.2, 0.25) is 0 Å². The molecule has 0 fully saturated rings. The van der Waals surface area contributed by atoms with Gasteiger partial charge in [-0.2, -0.15) is 4.98 Å². The lowest BCUT2D eigenvalue weighted by molar-refractivity contribution is 0.0217. The smallest absolute Gasteiger partial charge is 0.243 e. The minimum Gasteiger partial charge on any atom is -0.370 e. The van der Waals surface area contributed by atoms with Crippen LogP contribution in [0, 0.1) is 5.92 Å². The molecule has 114 valence electrons. The molecule has 0 saturated heterocycles. The van der Waals surface area contributed by atoms with Gasteiger partial charge < -0.3 is 15.0 Å². The second-order valence-corrected chi connectivity index (χ2v) is 5.41. The molecule has 5 nitrogen and oxygen atoms in total. The van der Waals surface area contributed by atoms with Crippen molar-refractivity contribution >= 4 is 0 Å². The molecule has 0 aliphatic rings. The van der Waals surface area contributed by atoms with Crippen molar-refractivity contribution in [1.82, 2.24) is 10.1 Å². The summed E-state index contributed by atoms with van der Waals surface area (Å²) in [4.78, 5) is 4.42. The quantitative estimate of drug-likeness (QED) is 0.848. The molecule has 0 aliphatic heterocycles. The highest BCUT2D eigenvalue weighted by molar-refractivity contribution is 5.16. The molecular weight excluding hydrogens is 266 g/mol. The van der Waals surface area contributed by atoms with E-state index in [0.717, 1.165) is 5.56 Å². The number of rotatable bonds is 7. The molecular formula is C16H23N3O2. The molecule has 1 heterocycles. The number of ether oxygens (including phenoxy) is 1. The van der Waals surface area contributed by atoms with Gasteiger partial charge in [0.15, 0.2) is 0 Å². The van der Waals surface area contributed by atoms with E-state index in [4.69, 9.17) is 15.0 Å². The van der Waals surface area contributed by atoms with Crippen LogP contribution < -0.4 is 5.73 Å². The van der Waals surface area contributed by atoms with Gasteiger partial charge in [0.05, 0.1) is 6.04 Å². The maximum absolute atomic E-state index is 6.15. The number of hydrogen-bond acceptors (Lipinski definition) is 5. The summed E-state index contributed by atoms with van der Waals surface area (Å²) in [5.41, 5.74) is 7.30. The molecule has 2 aromatic rings. The van der Waals surface area contributed by atoms with E-state index in [0.29, 0.717) is 24.7 Å². The summed E-state index contributed by atoms with van der Waals surface area (Å²) in [6.07, 6.45) is 0.514. The predicted octanol–water partition coefficient (Wildman–Crippen LogP) is 3.05. The van der Waals surface area contributed by atoms with Crippen LogP contribution in [0.15, 0.2) is 34.9 Å². The third-order valence-corrected chi connectivity index (χ3v) is 3.28. The Balaban J connectivity index is 2.08. The van der Waals surface area contributed by atoms with E-state index in [2.05, 4.69) is 24.0 Å². The van der Waals surface area contributed by atoms with Gasteiger partial charge in [0, 0.05) is 6.61 Å². The highest BCUT2D eigenvalue weighted by Crippen LogP contribution is 2.24. The van der Waals surface area contributed by atoms with E-state index in [1.165, 1.54) is 0 Å². The zero-order chi connectivity index (χ0) is 15.2. The van der Waals surface area contributed by atoms with Gasteiger partial charge in [-0.25, -0.2) is 0 Å². The Labute approximate surface area is 125 Å². The van der Waals surface area contributed by atoms with Gasteiger partial charge in [0.2, 0.25) is 11.7 Å². The van der Waals surface area contributed by atoms with Crippen LogP contribution in [-0.2, 0) is 11.2 Å². The van der Waals surface area contributed by atoms with Crippen molar-refractivity contribution in [1.29, 1.82) is 0 Å². The Hall–Kier alpha value is -1.72. The first-order valence-electron chi connectivity index (χ1n) is 7.36. The molecule has 0 aliphatic carbocycles. The van der Waals surface area contributed by atoms with Gasteiger partial charge in [-0.1, -0.05) is 49.3 Å². The topological polar surface area (TPSA) is 74.2 Å². The average Bonchev–Trinajstić information content (AvgIpc) is 2.95. The molecule has 0 spiro atoms. The van der Waals surface area contributed by atoms with Gasteiger partial charge in [-0.15, -0.1) is 0 Å². The Morgan fingerprint density at radius 3 is 2.57 bits per heavy atom. The summed E-state index contributed by atoms with van der Waals surface area (Å²) in [5.74, 6) is 1.31. The Morgan fingerprint density at radius 1 is 1.24 bits per heavy atom. The zero-order valence-corrected chi connectivity index (χ0v) is 12.8. The summed E-state index contributed by atoms with van der Waals surface area (Å²) in [5, 5.41) is 4.03. The van der Waals surface area contributed by atoms with Gasteiger partial charge in [-0.05, 0) is 24.8 Å². The first-order valence-corrected chi connectivity index (χ1v) is 7.36. The van der Waals surface area contributed by atoms with Gasteiger partial charge >= 0.3 is 0 Å². The largest absolute Gasteiger partial charge is 0.370 e. The van der Waals surface area contributed by atoms with Crippen LogP contribution in [0.1, 0.15) is 50.2 Å². The second-order valence-electron chi connectivity index (χ2n) is 5.41. The number of nitrogens with zero attached hydrogens (tertiary/aromatic N) is 2. The summed E-state index contributed by atoms with van der Waals surface area (Å²) in [7, 11) is 0. The summed E-state index contributed by atoms with van der Waals surface area (Å²) in [6.45, 7) is 6.71. The monoisotopic (exact) mass is 289 g/mol. The molecule has 2 rings (SSSR count). The molecule has 0 bridgehead atoms. The fourth-order valence-corrected chi connectivity index (χ4v) is 2.21. The molecule has 0 amide bonds. The molecule has 5 heteroatoms. The van der Waals surface area contributed by atoms with Gasteiger partial charge in [-0.3, -0.25) is 0 Å². The SMILES string of the molecule is CCOC(c1noc(C(N)Cc2ccccc2)n1)C(C)C. The van der Waals surface area contributed by atoms with E-state index >= 15 is 0 Å². The van der Waals surface area contributed by atoms with Crippen LogP contribution >= 0.6 is 0 Å². The van der Waals surface area contributed by atoms with E-state index in [1.807, 2.05) is 37.3 Å². The molecule has 1 aromatic heterocycles. The van der Waals surface area contributed by atoms with Gasteiger partial charge in [0.1, 0.15) is 6.10 Å². The number of benzene rings is 1. The highest BCUT2D eigenvalue weighted by Gasteiger charge is 2.24. The van der Waals surface area contributed by atoms with Crippen molar-refractivity contribution in [2.45, 2.75) is 39.3 Å². The molecule has 1 aromatic carbocycles. The molecule has 0 saturated carbocycles. The molecule has 2 atom stereocenters. The Kier molecular flexibility index (Phi) is 5.47. The first-order chi connectivity index (χ1) is 10.1. The van der Waals surface area contributed by atoms with E-state index in [-0.39, 0.29) is 18.1 Å². The third kappa shape index (κ3) is 4.12. The van der Waals surface area contributed by atoms with E-state index in [9.17, 15) is 0 Å². The number of aromatic nitrogens is 2. The molecule has 0 radical (unpaired) electrons. The lowest BCUT2D eigenvalue weighted by atomic mass is 10.1. The van der Waals surface area contributed by atoms with E-state index in [1.54, 1.807) is 0 Å². The maximum Gasteiger partial charge on any atom is 0.243 e. The van der Waals surface area contributed by atoms with Crippen molar-refractivity contribution in [3.8, 4) is 0 Å². The Bertz CT molecular complexity index is 539. The highest BCUT2D eigenvalue weighted by atomic mass is 16.5. The van der Waals surface area contributed by atoms with Gasteiger partial charge in [0.25, 0.3) is 0 Å². The minimum atomic E-state index is -0.303. The van der Waals surface area contributed by atoms with Crippen LogP contribution in [0.4, 0.5) is 0 Å². The molecule has 2 unspecified atom stereocenters. The molecule has 21 heavy (non-hydrogen) atoms. The van der Waals surface area contributed by atoms with Crippen molar-refractivity contribution in [3.05, 3.63) is 47.6 Å². The number of hydrogen-bond donors (Lipinski definition) is 1. The fraction of sp³-hybridized carbons (Fsp3) is 0.500. The summed E-state index contributed by atoms with van der Waals surface area (Å²) < 4.78 is 11.0. The molecule has 2 N–H and O–H groups in total. The maximum atomic E-state index is 6.15. The predicted molar refractivity (Wildman–Crippen MR) is 80.6 cm³/mol.